The van der Waals surface area contributed by atoms with Gasteiger partial charge in [0, 0.05) is 17.8 Å². The SMILES string of the molecule is COc1ccc(CNC(=O)c2cccc(NC(=O)c3nnc(COc4ccc(F)cc4)s3)c2)cc1. The predicted octanol–water partition coefficient (Wildman–Crippen LogP) is 4.45. The molecule has 0 aliphatic rings. The summed E-state index contributed by atoms with van der Waals surface area (Å²) < 4.78 is 23.6. The minimum Gasteiger partial charge on any atom is -0.497 e. The Morgan fingerprint density at radius 2 is 1.69 bits per heavy atom. The summed E-state index contributed by atoms with van der Waals surface area (Å²) in [6.07, 6.45) is 0. The maximum atomic E-state index is 13.0. The number of nitrogens with one attached hydrogen (secondary N) is 2. The zero-order valence-corrected chi connectivity index (χ0v) is 19.5. The Hall–Kier alpha value is -4.31. The van der Waals surface area contributed by atoms with E-state index in [1.54, 1.807) is 31.4 Å². The molecule has 4 aromatic rings. The summed E-state index contributed by atoms with van der Waals surface area (Å²) in [4.78, 5) is 25.1. The highest BCUT2D eigenvalue weighted by molar-refractivity contribution is 7.13. The lowest BCUT2D eigenvalue weighted by molar-refractivity contribution is 0.0949. The molecular weight excluding hydrogens is 471 g/mol. The van der Waals surface area contributed by atoms with E-state index < -0.39 is 5.91 Å². The minimum absolute atomic E-state index is 0.0976. The Labute approximate surface area is 204 Å². The maximum absolute atomic E-state index is 13.0. The Morgan fingerprint density at radius 1 is 0.943 bits per heavy atom. The summed E-state index contributed by atoms with van der Waals surface area (Å²) >= 11 is 1.08. The first kappa shape index (κ1) is 23.8. The van der Waals surface area contributed by atoms with Crippen LogP contribution < -0.4 is 20.1 Å². The highest BCUT2D eigenvalue weighted by Crippen LogP contribution is 2.18. The molecule has 3 aromatic carbocycles. The van der Waals surface area contributed by atoms with Crippen LogP contribution in [0.4, 0.5) is 10.1 Å². The molecule has 0 atom stereocenters. The first-order valence-corrected chi connectivity index (χ1v) is 11.3. The minimum atomic E-state index is -0.452. The lowest BCUT2D eigenvalue weighted by atomic mass is 10.1. The van der Waals surface area contributed by atoms with Gasteiger partial charge in [0.2, 0.25) is 5.01 Å². The van der Waals surface area contributed by atoms with Crippen LogP contribution in [-0.4, -0.2) is 29.1 Å². The van der Waals surface area contributed by atoms with E-state index in [0.717, 1.165) is 22.6 Å². The van der Waals surface area contributed by atoms with Crippen LogP contribution in [0.2, 0.25) is 0 Å². The standard InChI is InChI=1S/C25H21FN4O4S/c1-33-20-9-5-16(6-10-20)14-27-23(31)17-3-2-4-19(13-17)28-24(32)25-30-29-22(35-25)15-34-21-11-7-18(26)8-12-21/h2-13H,14-15H2,1H3,(H,27,31)(H,28,32). The van der Waals surface area contributed by atoms with Crippen LogP contribution in [-0.2, 0) is 13.2 Å². The fraction of sp³-hybridized carbons (Fsp3) is 0.120. The number of ether oxygens (including phenoxy) is 2. The quantitative estimate of drug-likeness (QED) is 0.358. The number of hydrogen-bond acceptors (Lipinski definition) is 7. The lowest BCUT2D eigenvalue weighted by Crippen LogP contribution is -2.23. The number of carbonyl (C=O) groups is 2. The third kappa shape index (κ3) is 6.61. The molecule has 8 nitrogen and oxygen atoms in total. The van der Waals surface area contributed by atoms with Crippen LogP contribution in [0, 0.1) is 5.82 Å². The fourth-order valence-corrected chi connectivity index (χ4v) is 3.68. The molecule has 0 bridgehead atoms. The van der Waals surface area contributed by atoms with Gasteiger partial charge in [0.05, 0.1) is 7.11 Å². The summed E-state index contributed by atoms with van der Waals surface area (Å²) in [5.41, 5.74) is 1.78. The van der Waals surface area contributed by atoms with Gasteiger partial charge < -0.3 is 20.1 Å². The Kier molecular flexibility index (Phi) is 7.63. The van der Waals surface area contributed by atoms with E-state index >= 15 is 0 Å². The van der Waals surface area contributed by atoms with Crippen molar-refractivity contribution in [2.45, 2.75) is 13.2 Å². The molecule has 0 aliphatic carbocycles. The number of methoxy groups -OCH3 is 1. The smallest absolute Gasteiger partial charge is 0.286 e. The maximum Gasteiger partial charge on any atom is 0.286 e. The van der Waals surface area contributed by atoms with Crippen molar-refractivity contribution in [2.24, 2.45) is 0 Å². The summed E-state index contributed by atoms with van der Waals surface area (Å²) in [5, 5.41) is 14.1. The van der Waals surface area contributed by atoms with Crippen molar-refractivity contribution in [3.8, 4) is 11.5 Å². The molecule has 35 heavy (non-hydrogen) atoms. The molecule has 4 rings (SSSR count). The van der Waals surface area contributed by atoms with E-state index in [9.17, 15) is 14.0 Å². The van der Waals surface area contributed by atoms with E-state index in [2.05, 4.69) is 20.8 Å². The van der Waals surface area contributed by atoms with E-state index in [0.29, 0.717) is 28.6 Å². The second kappa shape index (κ2) is 11.2. The van der Waals surface area contributed by atoms with Gasteiger partial charge in [-0.3, -0.25) is 9.59 Å². The third-order valence-electron chi connectivity index (χ3n) is 4.83. The van der Waals surface area contributed by atoms with Crippen molar-refractivity contribution in [1.29, 1.82) is 0 Å². The van der Waals surface area contributed by atoms with Gasteiger partial charge in [-0.25, -0.2) is 4.39 Å². The first-order valence-electron chi connectivity index (χ1n) is 10.5. The average Bonchev–Trinajstić information content (AvgIpc) is 3.37. The van der Waals surface area contributed by atoms with Crippen LogP contribution in [0.3, 0.4) is 0 Å². The van der Waals surface area contributed by atoms with Crippen molar-refractivity contribution in [3.63, 3.8) is 0 Å². The topological polar surface area (TPSA) is 102 Å². The summed E-state index contributed by atoms with van der Waals surface area (Å²) in [5.74, 6) is 0.145. The van der Waals surface area contributed by atoms with E-state index in [1.807, 2.05) is 24.3 Å². The molecule has 0 unspecified atom stereocenters. The van der Waals surface area contributed by atoms with Gasteiger partial charge in [0.1, 0.15) is 23.9 Å². The van der Waals surface area contributed by atoms with Crippen molar-refractivity contribution in [3.05, 3.63) is 99.8 Å². The van der Waals surface area contributed by atoms with Crippen molar-refractivity contribution in [1.82, 2.24) is 15.5 Å². The van der Waals surface area contributed by atoms with Gasteiger partial charge in [0.25, 0.3) is 11.8 Å². The van der Waals surface area contributed by atoms with Gasteiger partial charge in [0.15, 0.2) is 5.01 Å². The number of benzene rings is 3. The van der Waals surface area contributed by atoms with Crippen LogP contribution >= 0.6 is 11.3 Å². The highest BCUT2D eigenvalue weighted by atomic mass is 32.1. The number of nitrogens with zero attached hydrogens (tertiary/aromatic N) is 2. The first-order chi connectivity index (χ1) is 17.0. The number of amides is 2. The molecular formula is C25H21FN4O4S. The number of rotatable bonds is 9. The molecule has 1 heterocycles. The van der Waals surface area contributed by atoms with E-state index in [4.69, 9.17) is 9.47 Å². The molecule has 0 spiro atoms. The number of hydrogen-bond donors (Lipinski definition) is 2. The van der Waals surface area contributed by atoms with Crippen LogP contribution in [0.15, 0.2) is 72.8 Å². The van der Waals surface area contributed by atoms with Gasteiger partial charge in [-0.05, 0) is 60.2 Å². The van der Waals surface area contributed by atoms with Gasteiger partial charge in [-0.2, -0.15) is 0 Å². The van der Waals surface area contributed by atoms with E-state index in [-0.39, 0.29) is 23.3 Å². The fourth-order valence-electron chi connectivity index (χ4n) is 3.03. The Balaban J connectivity index is 1.31. The van der Waals surface area contributed by atoms with Crippen LogP contribution in [0.1, 0.15) is 30.7 Å². The second-order valence-electron chi connectivity index (χ2n) is 7.31. The van der Waals surface area contributed by atoms with Crippen molar-refractivity contribution >= 4 is 28.8 Å². The monoisotopic (exact) mass is 492 g/mol. The highest BCUT2D eigenvalue weighted by Gasteiger charge is 2.15. The summed E-state index contributed by atoms with van der Waals surface area (Å²) in [6.45, 7) is 0.452. The molecule has 0 fully saturated rings. The Morgan fingerprint density at radius 3 is 2.43 bits per heavy atom. The third-order valence-corrected chi connectivity index (χ3v) is 5.73. The van der Waals surface area contributed by atoms with Crippen molar-refractivity contribution in [2.75, 3.05) is 12.4 Å². The van der Waals surface area contributed by atoms with Gasteiger partial charge >= 0.3 is 0 Å². The number of halogens is 1. The second-order valence-corrected chi connectivity index (χ2v) is 8.37. The molecule has 2 N–H and O–H groups in total. The zero-order valence-electron chi connectivity index (χ0n) is 18.7. The molecule has 10 heteroatoms. The molecule has 0 saturated carbocycles. The molecule has 0 aliphatic heterocycles. The largest absolute Gasteiger partial charge is 0.497 e. The summed E-state index contributed by atoms with van der Waals surface area (Å²) in [6, 6.07) is 19.6. The average molecular weight is 493 g/mol. The Bertz CT molecular complexity index is 1310. The number of carbonyl (C=O) groups excluding carboxylic acids is 2. The predicted molar refractivity (Wildman–Crippen MR) is 129 cm³/mol. The van der Waals surface area contributed by atoms with Crippen LogP contribution in [0.5, 0.6) is 11.5 Å². The number of aromatic nitrogens is 2. The lowest BCUT2D eigenvalue weighted by Gasteiger charge is -2.08. The molecule has 0 radical (unpaired) electrons. The zero-order chi connectivity index (χ0) is 24.6. The molecule has 0 saturated heterocycles. The van der Waals surface area contributed by atoms with Gasteiger partial charge in [-0.1, -0.05) is 29.5 Å². The van der Waals surface area contributed by atoms with Crippen molar-refractivity contribution < 1.29 is 23.5 Å². The van der Waals surface area contributed by atoms with Gasteiger partial charge in [-0.15, -0.1) is 10.2 Å². The number of anilines is 1. The molecule has 1 aromatic heterocycles. The molecule has 178 valence electrons. The molecule has 2 amide bonds. The normalized spacial score (nSPS) is 10.5. The van der Waals surface area contributed by atoms with E-state index in [1.165, 1.54) is 24.3 Å². The summed E-state index contributed by atoms with van der Waals surface area (Å²) in [7, 11) is 1.59. The van der Waals surface area contributed by atoms with Crippen LogP contribution in [0.25, 0.3) is 0 Å².